The summed E-state index contributed by atoms with van der Waals surface area (Å²) in [5, 5.41) is 15.2. The molecule has 0 saturated carbocycles. The monoisotopic (exact) mass is 371 g/mol. The van der Waals surface area contributed by atoms with Crippen LogP contribution < -0.4 is 10.6 Å². The van der Waals surface area contributed by atoms with Crippen LogP contribution in [0.5, 0.6) is 0 Å². The number of nitrogens with zero attached hydrogens (tertiary/aromatic N) is 3. The number of nitrogens with one attached hydrogen (secondary N) is 2. The van der Waals surface area contributed by atoms with Gasteiger partial charge in [-0.05, 0) is 36.6 Å². The van der Waals surface area contributed by atoms with Crippen molar-refractivity contribution in [1.29, 1.82) is 0 Å². The maximum atomic E-state index is 12.2. The number of hydrogen-bond acceptors (Lipinski definition) is 6. The minimum absolute atomic E-state index is 0.327. The lowest BCUT2D eigenvalue weighted by Crippen LogP contribution is -2.20. The summed E-state index contributed by atoms with van der Waals surface area (Å²) < 4.78 is 6.97. The molecular formula is C16H13N5O2S2. The van der Waals surface area contributed by atoms with Crippen molar-refractivity contribution >= 4 is 39.5 Å². The second kappa shape index (κ2) is 6.54. The van der Waals surface area contributed by atoms with Crippen molar-refractivity contribution in [3.63, 3.8) is 0 Å². The van der Waals surface area contributed by atoms with E-state index in [1.807, 2.05) is 41.9 Å². The number of furan rings is 1. The average Bonchev–Trinajstić information content (AvgIpc) is 3.35. The standard InChI is InChI=1S/C16H13N5O2S2/c1-10-8-13(18-15(22)19-14-5-3-7-24-14)21(20-10)16-17-11(9-25-16)12-4-2-6-23-12/h2-9H,1H3,(H2,18,19,22). The average molecular weight is 371 g/mol. The van der Waals surface area contributed by atoms with Crippen LogP contribution in [0, 0.1) is 6.92 Å². The van der Waals surface area contributed by atoms with E-state index >= 15 is 0 Å². The van der Waals surface area contributed by atoms with Crippen LogP contribution >= 0.6 is 22.7 Å². The molecule has 25 heavy (non-hydrogen) atoms. The van der Waals surface area contributed by atoms with E-state index in [9.17, 15) is 4.79 Å². The summed E-state index contributed by atoms with van der Waals surface area (Å²) in [5.74, 6) is 1.24. The number of aryl methyl sites for hydroxylation is 1. The predicted molar refractivity (Wildman–Crippen MR) is 98.6 cm³/mol. The number of urea groups is 1. The van der Waals surface area contributed by atoms with Crippen molar-refractivity contribution in [3.8, 4) is 16.6 Å². The Labute approximate surface area is 150 Å². The van der Waals surface area contributed by atoms with E-state index < -0.39 is 0 Å². The van der Waals surface area contributed by atoms with Crippen molar-refractivity contribution in [2.45, 2.75) is 6.92 Å². The highest BCUT2D eigenvalue weighted by molar-refractivity contribution is 7.14. The first-order valence-electron chi connectivity index (χ1n) is 7.37. The number of anilines is 2. The molecule has 0 aliphatic rings. The van der Waals surface area contributed by atoms with Gasteiger partial charge in [-0.25, -0.2) is 9.78 Å². The number of rotatable bonds is 4. The van der Waals surface area contributed by atoms with Gasteiger partial charge < -0.3 is 4.42 Å². The number of thiazole rings is 1. The van der Waals surface area contributed by atoms with E-state index in [4.69, 9.17) is 4.42 Å². The van der Waals surface area contributed by atoms with E-state index in [1.54, 1.807) is 17.0 Å². The van der Waals surface area contributed by atoms with Crippen molar-refractivity contribution in [2.24, 2.45) is 0 Å². The number of aromatic nitrogens is 3. The second-order valence-electron chi connectivity index (χ2n) is 5.13. The summed E-state index contributed by atoms with van der Waals surface area (Å²) in [7, 11) is 0. The first-order chi connectivity index (χ1) is 12.2. The Morgan fingerprint density at radius 3 is 2.92 bits per heavy atom. The van der Waals surface area contributed by atoms with Gasteiger partial charge in [-0.15, -0.1) is 22.7 Å². The van der Waals surface area contributed by atoms with E-state index in [2.05, 4.69) is 20.7 Å². The fraction of sp³-hybridized carbons (Fsp3) is 0.0625. The number of hydrogen-bond donors (Lipinski definition) is 2. The molecule has 0 fully saturated rings. The predicted octanol–water partition coefficient (Wildman–Crippen LogP) is 4.60. The van der Waals surface area contributed by atoms with E-state index in [1.165, 1.54) is 22.7 Å². The first kappa shape index (κ1) is 15.6. The van der Waals surface area contributed by atoms with Crippen LogP contribution in [0.15, 0.2) is 51.8 Å². The molecule has 0 aliphatic carbocycles. The van der Waals surface area contributed by atoms with Gasteiger partial charge in [-0.3, -0.25) is 10.6 Å². The highest BCUT2D eigenvalue weighted by Gasteiger charge is 2.15. The Morgan fingerprint density at radius 1 is 1.24 bits per heavy atom. The zero-order valence-corrected chi connectivity index (χ0v) is 14.7. The summed E-state index contributed by atoms with van der Waals surface area (Å²) in [5.41, 5.74) is 1.51. The third-order valence-electron chi connectivity index (χ3n) is 3.28. The van der Waals surface area contributed by atoms with E-state index in [0.29, 0.717) is 16.7 Å². The van der Waals surface area contributed by atoms with Crippen LogP contribution in [0.3, 0.4) is 0 Å². The van der Waals surface area contributed by atoms with Gasteiger partial charge in [0, 0.05) is 11.4 Å². The Balaban J connectivity index is 1.57. The Kier molecular flexibility index (Phi) is 4.08. The van der Waals surface area contributed by atoms with Crippen LogP contribution in [0.4, 0.5) is 15.6 Å². The van der Waals surface area contributed by atoms with Crippen molar-refractivity contribution in [1.82, 2.24) is 14.8 Å². The molecule has 126 valence electrons. The molecule has 9 heteroatoms. The second-order valence-corrected chi connectivity index (χ2v) is 6.92. The van der Waals surface area contributed by atoms with Crippen LogP contribution in [-0.4, -0.2) is 20.8 Å². The lowest BCUT2D eigenvalue weighted by Gasteiger charge is -2.06. The highest BCUT2D eigenvalue weighted by Crippen LogP contribution is 2.26. The Hall–Kier alpha value is -2.91. The molecule has 4 rings (SSSR count). The molecule has 0 atom stereocenters. The van der Waals surface area contributed by atoms with Gasteiger partial charge in [0.05, 0.1) is 17.0 Å². The maximum Gasteiger partial charge on any atom is 0.325 e. The normalized spacial score (nSPS) is 10.8. The summed E-state index contributed by atoms with van der Waals surface area (Å²) in [6.07, 6.45) is 1.61. The Bertz CT molecular complexity index is 986. The molecule has 0 aliphatic heterocycles. The van der Waals surface area contributed by atoms with Gasteiger partial charge in [-0.2, -0.15) is 9.78 Å². The molecule has 4 aromatic heterocycles. The number of carbonyl (C=O) groups is 1. The quantitative estimate of drug-likeness (QED) is 0.549. The number of thiophene rings is 1. The van der Waals surface area contributed by atoms with Gasteiger partial charge >= 0.3 is 6.03 Å². The minimum atomic E-state index is -0.327. The Morgan fingerprint density at radius 2 is 2.16 bits per heavy atom. The third kappa shape index (κ3) is 3.32. The zero-order valence-electron chi connectivity index (χ0n) is 13.1. The molecule has 0 bridgehead atoms. The molecular weight excluding hydrogens is 358 g/mol. The maximum absolute atomic E-state index is 12.2. The van der Waals surface area contributed by atoms with Gasteiger partial charge in [0.2, 0.25) is 5.13 Å². The molecule has 2 amide bonds. The molecule has 2 N–H and O–H groups in total. The topological polar surface area (TPSA) is 85.0 Å². The summed E-state index contributed by atoms with van der Waals surface area (Å²) in [4.78, 5) is 16.7. The van der Waals surface area contributed by atoms with Gasteiger partial charge in [0.1, 0.15) is 11.5 Å². The molecule has 0 unspecified atom stereocenters. The van der Waals surface area contributed by atoms with Crippen LogP contribution in [-0.2, 0) is 0 Å². The van der Waals surface area contributed by atoms with Gasteiger partial charge in [-0.1, -0.05) is 0 Å². The molecule has 7 nitrogen and oxygen atoms in total. The third-order valence-corrected chi connectivity index (χ3v) is 4.88. The van der Waals surface area contributed by atoms with Crippen molar-refractivity contribution in [2.75, 3.05) is 10.6 Å². The fourth-order valence-corrected chi connectivity index (χ4v) is 3.63. The summed E-state index contributed by atoms with van der Waals surface area (Å²) >= 11 is 2.87. The van der Waals surface area contributed by atoms with Gasteiger partial charge in [0.25, 0.3) is 0 Å². The number of carbonyl (C=O) groups excluding carboxylic acids is 1. The van der Waals surface area contributed by atoms with E-state index in [-0.39, 0.29) is 6.03 Å². The fourth-order valence-electron chi connectivity index (χ4n) is 2.24. The molecule has 0 aromatic carbocycles. The zero-order chi connectivity index (χ0) is 17.2. The molecule has 4 heterocycles. The van der Waals surface area contributed by atoms with Crippen LogP contribution in [0.1, 0.15) is 5.69 Å². The van der Waals surface area contributed by atoms with Crippen molar-refractivity contribution in [3.05, 3.63) is 53.0 Å². The molecule has 0 radical (unpaired) electrons. The SMILES string of the molecule is Cc1cc(NC(=O)Nc2cccs2)n(-c2nc(-c3ccco3)cs2)n1. The molecule has 4 aromatic rings. The molecule has 0 spiro atoms. The lowest BCUT2D eigenvalue weighted by atomic mass is 10.4. The van der Waals surface area contributed by atoms with Crippen molar-refractivity contribution < 1.29 is 9.21 Å². The minimum Gasteiger partial charge on any atom is -0.463 e. The smallest absolute Gasteiger partial charge is 0.325 e. The summed E-state index contributed by atoms with van der Waals surface area (Å²) in [6, 6.07) is 8.84. The van der Waals surface area contributed by atoms with Crippen LogP contribution in [0.2, 0.25) is 0 Å². The molecule has 0 saturated heterocycles. The highest BCUT2D eigenvalue weighted by atomic mass is 32.1. The summed E-state index contributed by atoms with van der Waals surface area (Å²) in [6.45, 7) is 1.86. The van der Waals surface area contributed by atoms with E-state index in [0.717, 1.165) is 16.4 Å². The number of amides is 2. The largest absolute Gasteiger partial charge is 0.463 e. The van der Waals surface area contributed by atoms with Crippen LogP contribution in [0.25, 0.3) is 16.6 Å². The van der Waals surface area contributed by atoms with Gasteiger partial charge in [0.15, 0.2) is 5.76 Å². The first-order valence-corrected chi connectivity index (χ1v) is 9.13. The lowest BCUT2D eigenvalue weighted by molar-refractivity contribution is 0.262.